The van der Waals surface area contributed by atoms with Gasteiger partial charge in [-0.3, -0.25) is 14.3 Å². The van der Waals surface area contributed by atoms with Crippen LogP contribution in [-0.2, 0) is 20.1 Å². The zero-order valence-electron chi connectivity index (χ0n) is 22.0. The van der Waals surface area contributed by atoms with Crippen LogP contribution in [-0.4, -0.2) is 43.3 Å². The molecule has 7 nitrogen and oxygen atoms in total. The molecule has 1 aromatic rings. The number of aromatic nitrogens is 2. The molecule has 1 aromatic heterocycles. The van der Waals surface area contributed by atoms with E-state index >= 15 is 0 Å². The summed E-state index contributed by atoms with van der Waals surface area (Å²) in [6, 6.07) is 2.93. The number of rotatable bonds is 12. The SMILES string of the molecule is C#CCO[C@H]1C[C@H](n2cc(C(F)(F)F)c(=O)[nH]c2=O)O[C@@H]1CO[Si](CC(C)C)(CC(C)C)CC(C)C. The van der Waals surface area contributed by atoms with Crippen LogP contribution in [0.5, 0.6) is 0 Å². The highest BCUT2D eigenvalue weighted by Gasteiger charge is 2.43. The van der Waals surface area contributed by atoms with Crippen LogP contribution in [0.2, 0.25) is 18.1 Å². The normalized spacial score (nSPS) is 21.0. The predicted octanol–water partition coefficient (Wildman–Crippen LogP) is 4.79. The summed E-state index contributed by atoms with van der Waals surface area (Å²) in [5.74, 6) is 3.73. The minimum atomic E-state index is -4.92. The fourth-order valence-corrected chi connectivity index (χ4v) is 11.0. The van der Waals surface area contributed by atoms with Gasteiger partial charge < -0.3 is 13.9 Å². The van der Waals surface area contributed by atoms with Gasteiger partial charge in [0.25, 0.3) is 5.56 Å². The number of terminal acetylenes is 1. The second kappa shape index (κ2) is 12.6. The van der Waals surface area contributed by atoms with Gasteiger partial charge in [-0.05, 0) is 35.9 Å². The Labute approximate surface area is 211 Å². The number of nitrogens with one attached hydrogen (secondary N) is 1. The van der Waals surface area contributed by atoms with E-state index in [2.05, 4.69) is 47.5 Å². The molecule has 36 heavy (non-hydrogen) atoms. The summed E-state index contributed by atoms with van der Waals surface area (Å²) in [5.41, 5.74) is -3.95. The maximum absolute atomic E-state index is 13.3. The topological polar surface area (TPSA) is 82.6 Å². The quantitative estimate of drug-likeness (QED) is 0.309. The Kier molecular flexibility index (Phi) is 10.6. The molecule has 2 rings (SSSR count). The van der Waals surface area contributed by atoms with E-state index in [1.165, 1.54) is 0 Å². The summed E-state index contributed by atoms with van der Waals surface area (Å²) in [5, 5.41) is 0. The first-order valence-electron chi connectivity index (χ1n) is 12.4. The number of H-pyrrole nitrogens is 1. The van der Waals surface area contributed by atoms with Gasteiger partial charge in [0.2, 0.25) is 0 Å². The Balaban J connectivity index is 2.35. The molecular formula is C25H39F3N2O5Si. The molecule has 0 saturated carbocycles. The average Bonchev–Trinajstić information content (AvgIpc) is 3.11. The molecule has 0 radical (unpaired) electrons. The Hall–Kier alpha value is -1.87. The first-order chi connectivity index (χ1) is 16.7. The largest absolute Gasteiger partial charge is 0.423 e. The summed E-state index contributed by atoms with van der Waals surface area (Å²) in [6.07, 6.45) is -1.25. The molecule has 1 N–H and O–H groups in total. The van der Waals surface area contributed by atoms with E-state index in [9.17, 15) is 22.8 Å². The second-order valence-corrected chi connectivity index (χ2v) is 14.8. The van der Waals surface area contributed by atoms with Crippen molar-refractivity contribution in [2.24, 2.45) is 17.8 Å². The van der Waals surface area contributed by atoms with Gasteiger partial charge in [0.1, 0.15) is 24.5 Å². The van der Waals surface area contributed by atoms with Gasteiger partial charge >= 0.3 is 11.9 Å². The van der Waals surface area contributed by atoms with Gasteiger partial charge in [0.15, 0.2) is 8.32 Å². The molecule has 0 amide bonds. The van der Waals surface area contributed by atoms with Gasteiger partial charge in [-0.25, -0.2) is 4.79 Å². The summed E-state index contributed by atoms with van der Waals surface area (Å²) < 4.78 is 59.1. The van der Waals surface area contributed by atoms with Crippen LogP contribution >= 0.6 is 0 Å². The molecule has 1 aliphatic rings. The van der Waals surface area contributed by atoms with Crippen molar-refractivity contribution in [1.82, 2.24) is 9.55 Å². The van der Waals surface area contributed by atoms with Gasteiger partial charge in [0.05, 0.1) is 12.7 Å². The van der Waals surface area contributed by atoms with Crippen molar-refractivity contribution < 1.29 is 27.1 Å². The molecule has 0 bridgehead atoms. The van der Waals surface area contributed by atoms with Crippen molar-refractivity contribution in [2.45, 2.75) is 90.7 Å². The van der Waals surface area contributed by atoms with Crippen molar-refractivity contribution in [1.29, 1.82) is 0 Å². The maximum Gasteiger partial charge on any atom is 0.423 e. The number of hydrogen-bond acceptors (Lipinski definition) is 5. The molecule has 1 aliphatic heterocycles. The van der Waals surface area contributed by atoms with Crippen LogP contribution in [0.4, 0.5) is 13.2 Å². The minimum Gasteiger partial charge on any atom is -0.414 e. The number of alkyl halides is 3. The second-order valence-electron chi connectivity index (χ2n) is 10.9. The van der Waals surface area contributed by atoms with E-state index < -0.39 is 49.7 Å². The van der Waals surface area contributed by atoms with Gasteiger partial charge in [-0.2, -0.15) is 13.2 Å². The Bertz CT molecular complexity index is 986. The maximum atomic E-state index is 13.3. The van der Waals surface area contributed by atoms with E-state index in [0.717, 1.165) is 22.7 Å². The molecule has 0 unspecified atom stereocenters. The van der Waals surface area contributed by atoms with Gasteiger partial charge in [-0.1, -0.05) is 47.5 Å². The van der Waals surface area contributed by atoms with Crippen LogP contribution < -0.4 is 11.2 Å². The summed E-state index contributed by atoms with van der Waals surface area (Å²) in [4.78, 5) is 25.8. The van der Waals surface area contributed by atoms with Crippen molar-refractivity contribution >= 4 is 8.32 Å². The molecule has 0 spiro atoms. The molecular weight excluding hydrogens is 493 g/mol. The molecule has 3 atom stereocenters. The lowest BCUT2D eigenvalue weighted by Crippen LogP contribution is -2.45. The van der Waals surface area contributed by atoms with E-state index in [1.807, 2.05) is 0 Å². The summed E-state index contributed by atoms with van der Waals surface area (Å²) in [6.45, 7) is 13.2. The first-order valence-corrected chi connectivity index (χ1v) is 15.0. The Morgan fingerprint density at radius 1 is 1.14 bits per heavy atom. The molecule has 2 heterocycles. The highest BCUT2D eigenvalue weighted by atomic mass is 28.4. The average molecular weight is 533 g/mol. The predicted molar refractivity (Wildman–Crippen MR) is 134 cm³/mol. The highest BCUT2D eigenvalue weighted by molar-refractivity contribution is 6.74. The fourth-order valence-electron chi connectivity index (χ4n) is 5.17. The third-order valence-electron chi connectivity index (χ3n) is 6.04. The van der Waals surface area contributed by atoms with E-state index in [-0.39, 0.29) is 19.6 Å². The van der Waals surface area contributed by atoms with Crippen LogP contribution in [0.25, 0.3) is 0 Å². The van der Waals surface area contributed by atoms with Crippen molar-refractivity contribution in [3.8, 4) is 12.3 Å². The summed E-state index contributed by atoms with van der Waals surface area (Å²) in [7, 11) is -2.21. The van der Waals surface area contributed by atoms with E-state index in [4.69, 9.17) is 20.3 Å². The number of hydrogen-bond donors (Lipinski definition) is 1. The number of halogens is 3. The Morgan fingerprint density at radius 3 is 2.17 bits per heavy atom. The van der Waals surface area contributed by atoms with Crippen molar-refractivity contribution in [2.75, 3.05) is 13.2 Å². The minimum absolute atomic E-state index is 0.0158. The molecule has 0 aliphatic carbocycles. The van der Waals surface area contributed by atoms with Crippen LogP contribution in [0.3, 0.4) is 0 Å². The van der Waals surface area contributed by atoms with Crippen LogP contribution in [0, 0.1) is 30.1 Å². The zero-order chi connectivity index (χ0) is 27.3. The van der Waals surface area contributed by atoms with Gasteiger partial charge in [-0.15, -0.1) is 6.42 Å². The number of aromatic amines is 1. The fraction of sp³-hybridized carbons (Fsp3) is 0.760. The lowest BCUT2D eigenvalue weighted by Gasteiger charge is -2.37. The smallest absolute Gasteiger partial charge is 0.414 e. The Morgan fingerprint density at radius 2 is 1.69 bits per heavy atom. The molecule has 11 heteroatoms. The molecule has 1 fully saturated rings. The lowest BCUT2D eigenvalue weighted by atomic mass is 10.2. The number of ether oxygens (including phenoxy) is 2. The van der Waals surface area contributed by atoms with Crippen LogP contribution in [0.1, 0.15) is 59.8 Å². The zero-order valence-corrected chi connectivity index (χ0v) is 23.0. The molecule has 1 saturated heterocycles. The lowest BCUT2D eigenvalue weighted by molar-refractivity contribution is -0.139. The van der Waals surface area contributed by atoms with Crippen molar-refractivity contribution in [3.05, 3.63) is 32.6 Å². The highest BCUT2D eigenvalue weighted by Crippen LogP contribution is 2.36. The first kappa shape index (κ1) is 30.4. The standard InChI is InChI=1S/C25H39F3N2O5Si/c1-8-9-33-20-10-22(30-11-19(25(26,27)28)23(31)29-24(30)32)35-21(20)12-34-36(13-16(2)3,14-17(4)5)15-18(6)7/h1,11,16-18,20-22H,9-10,12-15H2,2-7H3,(H,29,31,32)/t20-,21+,22+/m0/s1. The van der Waals surface area contributed by atoms with E-state index in [0.29, 0.717) is 24.0 Å². The number of nitrogens with zero attached hydrogens (tertiary/aromatic N) is 1. The molecule has 204 valence electrons. The monoisotopic (exact) mass is 532 g/mol. The molecule has 0 aromatic carbocycles. The van der Waals surface area contributed by atoms with E-state index in [1.54, 1.807) is 4.98 Å². The van der Waals surface area contributed by atoms with Crippen LogP contribution in [0.15, 0.2) is 15.8 Å². The third-order valence-corrected chi connectivity index (χ3v) is 11.5. The summed E-state index contributed by atoms with van der Waals surface area (Å²) >= 11 is 0. The van der Waals surface area contributed by atoms with Gasteiger partial charge in [0, 0.05) is 12.6 Å². The third kappa shape index (κ3) is 8.33. The van der Waals surface area contributed by atoms with Crippen molar-refractivity contribution in [3.63, 3.8) is 0 Å².